The van der Waals surface area contributed by atoms with Crippen LogP contribution in [0.15, 0.2) is 54.6 Å². The quantitative estimate of drug-likeness (QED) is 0.618. The summed E-state index contributed by atoms with van der Waals surface area (Å²) in [4.78, 5) is 29.2. The minimum atomic E-state index is -0.325. The van der Waals surface area contributed by atoms with Crippen LogP contribution in [0.3, 0.4) is 0 Å². The number of hydrogen-bond acceptors (Lipinski definition) is 2. The van der Waals surface area contributed by atoms with Gasteiger partial charge in [0, 0.05) is 18.4 Å². The Morgan fingerprint density at radius 3 is 2.28 bits per heavy atom. The predicted octanol–water partition coefficient (Wildman–Crippen LogP) is -0.401. The molecule has 0 unspecified atom stereocenters. The maximum atomic E-state index is 13.0. The Bertz CT molecular complexity index is 820. The van der Waals surface area contributed by atoms with E-state index >= 15 is 0 Å². The molecule has 1 heterocycles. The van der Waals surface area contributed by atoms with E-state index in [2.05, 4.69) is 5.32 Å². The summed E-state index contributed by atoms with van der Waals surface area (Å²) in [7, 11) is 1.81. The molecular formula is C22H29FN4O2+2. The average Bonchev–Trinajstić information content (AvgIpc) is 2.75. The van der Waals surface area contributed by atoms with Gasteiger partial charge < -0.3 is 20.0 Å². The molecule has 0 aromatic heterocycles. The van der Waals surface area contributed by atoms with Crippen LogP contribution in [0.4, 0.5) is 15.8 Å². The van der Waals surface area contributed by atoms with Gasteiger partial charge in [-0.2, -0.15) is 0 Å². The first-order valence-electron chi connectivity index (χ1n) is 10.00. The monoisotopic (exact) mass is 400 g/mol. The van der Waals surface area contributed by atoms with Gasteiger partial charge in [-0.1, -0.05) is 18.2 Å². The van der Waals surface area contributed by atoms with Crippen molar-refractivity contribution in [3.8, 4) is 0 Å². The average molecular weight is 400 g/mol. The van der Waals surface area contributed by atoms with Gasteiger partial charge in [0.2, 0.25) is 0 Å². The van der Waals surface area contributed by atoms with Crippen LogP contribution in [-0.2, 0) is 9.59 Å². The number of rotatable bonds is 6. The molecule has 2 aromatic carbocycles. The highest BCUT2D eigenvalue weighted by Gasteiger charge is 2.33. The Labute approximate surface area is 170 Å². The van der Waals surface area contributed by atoms with E-state index in [4.69, 9.17) is 0 Å². The molecule has 0 radical (unpaired) electrons. The van der Waals surface area contributed by atoms with E-state index in [0.717, 1.165) is 31.9 Å². The van der Waals surface area contributed by atoms with Crippen molar-refractivity contribution >= 4 is 23.2 Å². The van der Waals surface area contributed by atoms with Crippen LogP contribution < -0.4 is 20.0 Å². The first-order chi connectivity index (χ1) is 13.9. The number of para-hydroxylation sites is 1. The largest absolute Gasteiger partial charge is 0.321 e. The van der Waals surface area contributed by atoms with Gasteiger partial charge in [-0.25, -0.2) is 4.39 Å². The summed E-state index contributed by atoms with van der Waals surface area (Å²) in [6.45, 7) is 5.70. The molecule has 1 fully saturated rings. The lowest BCUT2D eigenvalue weighted by Gasteiger charge is -2.33. The normalized spacial score (nSPS) is 20.0. The summed E-state index contributed by atoms with van der Waals surface area (Å²) in [6.07, 6.45) is 0. The molecule has 2 aromatic rings. The van der Waals surface area contributed by atoms with Crippen molar-refractivity contribution in [3.05, 3.63) is 60.4 Å². The van der Waals surface area contributed by atoms with Crippen LogP contribution in [0, 0.1) is 5.82 Å². The van der Waals surface area contributed by atoms with Gasteiger partial charge >= 0.3 is 0 Å². The maximum absolute atomic E-state index is 13.0. The Balaban J connectivity index is 1.46. The van der Waals surface area contributed by atoms with Crippen molar-refractivity contribution in [1.82, 2.24) is 0 Å². The lowest BCUT2D eigenvalue weighted by molar-refractivity contribution is -1.01. The second-order valence-corrected chi connectivity index (χ2v) is 7.59. The number of carbonyl (C=O) groups excluding carboxylic acids is 2. The summed E-state index contributed by atoms with van der Waals surface area (Å²) in [6, 6.07) is 15.3. The van der Waals surface area contributed by atoms with Crippen molar-refractivity contribution in [2.75, 3.05) is 50.0 Å². The van der Waals surface area contributed by atoms with Crippen molar-refractivity contribution in [3.63, 3.8) is 0 Å². The lowest BCUT2D eigenvalue weighted by atomic mass is 10.2. The third-order valence-electron chi connectivity index (χ3n) is 5.59. The Hall–Kier alpha value is -2.77. The van der Waals surface area contributed by atoms with Crippen molar-refractivity contribution < 1.29 is 23.8 Å². The second-order valence-electron chi connectivity index (χ2n) is 7.59. The van der Waals surface area contributed by atoms with Gasteiger partial charge in [0.1, 0.15) is 32.0 Å². The number of likely N-dealkylation sites (N-methyl/N-ethyl adjacent to an activating group) is 1. The van der Waals surface area contributed by atoms with E-state index in [1.807, 2.05) is 44.3 Å². The Morgan fingerprint density at radius 1 is 1.03 bits per heavy atom. The molecular weight excluding hydrogens is 371 g/mol. The molecule has 1 atom stereocenters. The lowest BCUT2D eigenvalue weighted by Crippen LogP contribution is -3.30. The zero-order valence-electron chi connectivity index (χ0n) is 17.0. The van der Waals surface area contributed by atoms with Crippen LogP contribution in [0.1, 0.15) is 6.92 Å². The molecule has 6 nitrogen and oxygen atoms in total. The predicted molar refractivity (Wildman–Crippen MR) is 111 cm³/mol. The van der Waals surface area contributed by atoms with E-state index < -0.39 is 0 Å². The van der Waals surface area contributed by atoms with Crippen LogP contribution in [0.25, 0.3) is 0 Å². The van der Waals surface area contributed by atoms with Crippen LogP contribution in [0.5, 0.6) is 0 Å². The summed E-state index contributed by atoms with van der Waals surface area (Å²) < 4.78 is 13.0. The van der Waals surface area contributed by atoms with E-state index in [1.54, 1.807) is 17.0 Å². The smallest absolute Gasteiger partial charge is 0.284 e. The van der Waals surface area contributed by atoms with E-state index in [9.17, 15) is 14.0 Å². The maximum Gasteiger partial charge on any atom is 0.284 e. The number of benzene rings is 2. The first kappa shape index (κ1) is 21.0. The Morgan fingerprint density at radius 2 is 1.66 bits per heavy atom. The minimum absolute atomic E-state index is 0.0806. The number of halogens is 1. The third-order valence-corrected chi connectivity index (χ3v) is 5.59. The molecule has 7 heteroatoms. The second kappa shape index (κ2) is 9.62. The number of hydrogen-bond donors (Lipinski definition) is 3. The van der Waals surface area contributed by atoms with Gasteiger partial charge in [-0.05, 0) is 43.3 Å². The number of piperazine rings is 1. The van der Waals surface area contributed by atoms with Gasteiger partial charge in [0.05, 0.1) is 0 Å². The molecule has 1 aliphatic heterocycles. The standard InChI is InChI=1S/C22H27FN4O2/c1-17(22(29)25(2)20-6-4-3-5-7-20)27-14-12-26(13-15-27)16-21(28)24-19-10-8-18(23)9-11-19/h3-11,17H,12-16H2,1-2H3,(H,24,28)/p+2/t17-/m0/s1. The molecule has 3 rings (SSSR count). The zero-order chi connectivity index (χ0) is 20.8. The summed E-state index contributed by atoms with van der Waals surface area (Å²) in [5.74, 6) is -0.305. The zero-order valence-corrected chi connectivity index (χ0v) is 17.0. The fourth-order valence-electron chi connectivity index (χ4n) is 3.74. The number of nitrogens with zero attached hydrogens (tertiary/aromatic N) is 1. The number of anilines is 2. The van der Waals surface area contributed by atoms with Gasteiger partial charge in [0.25, 0.3) is 11.8 Å². The number of quaternary nitrogens is 2. The highest BCUT2D eigenvalue weighted by Crippen LogP contribution is 2.11. The fraction of sp³-hybridized carbons (Fsp3) is 0.364. The van der Waals surface area contributed by atoms with Gasteiger partial charge in [-0.3, -0.25) is 9.59 Å². The minimum Gasteiger partial charge on any atom is -0.321 e. The highest BCUT2D eigenvalue weighted by atomic mass is 19.1. The molecule has 0 spiro atoms. The van der Waals surface area contributed by atoms with Gasteiger partial charge in [0.15, 0.2) is 12.6 Å². The first-order valence-corrected chi connectivity index (χ1v) is 10.00. The molecule has 1 saturated heterocycles. The molecule has 0 bridgehead atoms. The highest BCUT2D eigenvalue weighted by molar-refractivity contribution is 5.95. The Kier molecular flexibility index (Phi) is 6.95. The van der Waals surface area contributed by atoms with Crippen LogP contribution in [-0.4, -0.2) is 57.6 Å². The van der Waals surface area contributed by atoms with Crippen molar-refractivity contribution in [2.45, 2.75) is 13.0 Å². The van der Waals surface area contributed by atoms with E-state index in [-0.39, 0.29) is 23.7 Å². The van der Waals surface area contributed by atoms with E-state index in [0.29, 0.717) is 12.2 Å². The molecule has 1 aliphatic rings. The third kappa shape index (κ3) is 5.62. The number of nitrogens with one attached hydrogen (secondary N) is 3. The molecule has 0 saturated carbocycles. The molecule has 154 valence electrons. The SMILES string of the molecule is C[C@@H](C(=O)N(C)c1ccccc1)[NH+]1CC[NH+](CC(=O)Nc2ccc(F)cc2)CC1. The van der Waals surface area contributed by atoms with Crippen LogP contribution >= 0.6 is 0 Å². The van der Waals surface area contributed by atoms with Crippen molar-refractivity contribution in [1.29, 1.82) is 0 Å². The number of carbonyl (C=O) groups is 2. The van der Waals surface area contributed by atoms with E-state index in [1.165, 1.54) is 21.9 Å². The molecule has 29 heavy (non-hydrogen) atoms. The van der Waals surface area contributed by atoms with Gasteiger partial charge in [-0.15, -0.1) is 0 Å². The number of amides is 2. The summed E-state index contributed by atoms with van der Waals surface area (Å²) in [5, 5.41) is 2.81. The molecule has 0 aliphatic carbocycles. The van der Waals surface area contributed by atoms with Crippen LogP contribution in [0.2, 0.25) is 0 Å². The molecule has 3 N–H and O–H groups in total. The topological polar surface area (TPSA) is 58.3 Å². The molecule has 2 amide bonds. The van der Waals surface area contributed by atoms with Crippen molar-refractivity contribution in [2.24, 2.45) is 0 Å². The summed E-state index contributed by atoms with van der Waals surface area (Å²) in [5.41, 5.74) is 1.49. The fourth-order valence-corrected chi connectivity index (χ4v) is 3.74. The summed E-state index contributed by atoms with van der Waals surface area (Å²) >= 11 is 0.